The Morgan fingerprint density at radius 2 is 0.786 bits per heavy atom. The van der Waals surface area contributed by atoms with Crippen molar-refractivity contribution in [2.75, 3.05) is 54.4 Å². The highest BCUT2D eigenvalue weighted by molar-refractivity contribution is 5.15. The van der Waals surface area contributed by atoms with Crippen LogP contribution in [0, 0.1) is 0 Å². The molecule has 0 bridgehead atoms. The second-order valence-corrected chi connectivity index (χ2v) is 4.33. The highest BCUT2D eigenvalue weighted by atomic mass is 15.5. The Kier molecular flexibility index (Phi) is 2.21. The molecular weight excluding hydrogens is 176 g/mol. The molecule has 2 aliphatic rings. The van der Waals surface area contributed by atoms with Crippen molar-refractivity contribution in [3.63, 3.8) is 0 Å². The van der Waals surface area contributed by atoms with Gasteiger partial charge in [-0.15, -0.1) is 0 Å². The number of nitrogens with zero attached hydrogens (tertiary/aromatic N) is 4. The molecule has 2 fully saturated rings. The standard InChI is InChI=1S/C10H20N4/c1-11-5-6-12(2)9(11)10-13(3)7-8-14(10)4/h5-8H2,1-4H3. The molecule has 14 heavy (non-hydrogen) atoms. The minimum absolute atomic E-state index is 1.14. The number of hydrogen-bond donors (Lipinski definition) is 0. The Morgan fingerprint density at radius 1 is 0.571 bits per heavy atom. The Bertz CT molecular complexity index is 211. The van der Waals surface area contributed by atoms with Crippen LogP contribution in [0.25, 0.3) is 0 Å². The topological polar surface area (TPSA) is 13.0 Å². The summed E-state index contributed by atoms with van der Waals surface area (Å²) in [5, 5.41) is 0. The van der Waals surface area contributed by atoms with Gasteiger partial charge in [0.15, 0.2) is 0 Å². The second kappa shape index (κ2) is 3.26. The number of rotatable bonds is 0. The fraction of sp³-hybridized carbons (Fsp3) is 0.800. The summed E-state index contributed by atoms with van der Waals surface area (Å²) in [5.41, 5.74) is 0. The van der Waals surface area contributed by atoms with Crippen molar-refractivity contribution < 1.29 is 0 Å². The average Bonchev–Trinajstić information content (AvgIpc) is 2.60. The molecule has 0 aromatic rings. The first-order valence-electron chi connectivity index (χ1n) is 5.20. The van der Waals surface area contributed by atoms with E-state index in [2.05, 4.69) is 47.8 Å². The summed E-state index contributed by atoms with van der Waals surface area (Å²) in [7, 11) is 8.69. The predicted molar refractivity (Wildman–Crippen MR) is 57.5 cm³/mol. The zero-order valence-corrected chi connectivity index (χ0v) is 9.62. The summed E-state index contributed by atoms with van der Waals surface area (Å²) in [6.07, 6.45) is 0. The van der Waals surface area contributed by atoms with Gasteiger partial charge in [0, 0.05) is 54.4 Å². The van der Waals surface area contributed by atoms with Crippen LogP contribution < -0.4 is 0 Å². The van der Waals surface area contributed by atoms with Crippen molar-refractivity contribution in [1.82, 2.24) is 19.6 Å². The molecule has 0 N–H and O–H groups in total. The molecule has 0 spiro atoms. The first kappa shape index (κ1) is 9.49. The van der Waals surface area contributed by atoms with Crippen molar-refractivity contribution in [2.24, 2.45) is 0 Å². The minimum atomic E-state index is 1.14. The Morgan fingerprint density at radius 3 is 1.00 bits per heavy atom. The quantitative estimate of drug-likeness (QED) is 0.535. The van der Waals surface area contributed by atoms with Gasteiger partial charge >= 0.3 is 0 Å². The summed E-state index contributed by atoms with van der Waals surface area (Å²) < 4.78 is 0. The Hall–Kier alpha value is -1.06. The summed E-state index contributed by atoms with van der Waals surface area (Å²) in [5.74, 6) is 2.74. The third-order valence-corrected chi connectivity index (χ3v) is 3.19. The summed E-state index contributed by atoms with van der Waals surface area (Å²) in [6, 6.07) is 0. The van der Waals surface area contributed by atoms with E-state index in [-0.39, 0.29) is 0 Å². The maximum absolute atomic E-state index is 2.34. The van der Waals surface area contributed by atoms with Gasteiger partial charge in [0.25, 0.3) is 0 Å². The minimum Gasteiger partial charge on any atom is -0.357 e. The van der Waals surface area contributed by atoms with Crippen LogP contribution in [0.5, 0.6) is 0 Å². The molecular formula is C10H20N4. The second-order valence-electron chi connectivity index (χ2n) is 4.33. The molecule has 80 valence electrons. The predicted octanol–water partition coefficient (Wildman–Crippen LogP) is -0.133. The van der Waals surface area contributed by atoms with Gasteiger partial charge in [0.05, 0.1) is 0 Å². The molecule has 2 heterocycles. The average molecular weight is 196 g/mol. The van der Waals surface area contributed by atoms with E-state index >= 15 is 0 Å². The van der Waals surface area contributed by atoms with Crippen LogP contribution in [0.4, 0.5) is 0 Å². The first-order chi connectivity index (χ1) is 6.61. The molecule has 0 unspecified atom stereocenters. The lowest BCUT2D eigenvalue weighted by Crippen LogP contribution is -2.28. The molecule has 2 saturated heterocycles. The molecule has 0 aliphatic carbocycles. The fourth-order valence-corrected chi connectivity index (χ4v) is 2.29. The third kappa shape index (κ3) is 1.29. The Balaban J connectivity index is 2.36. The van der Waals surface area contributed by atoms with Crippen LogP contribution in [0.3, 0.4) is 0 Å². The van der Waals surface area contributed by atoms with Crippen molar-refractivity contribution in [3.05, 3.63) is 11.6 Å². The van der Waals surface area contributed by atoms with Crippen molar-refractivity contribution >= 4 is 0 Å². The van der Waals surface area contributed by atoms with E-state index in [0.717, 1.165) is 26.2 Å². The lowest BCUT2D eigenvalue weighted by molar-refractivity contribution is 0.329. The molecule has 0 amide bonds. The highest BCUT2D eigenvalue weighted by Crippen LogP contribution is 2.25. The summed E-state index contributed by atoms with van der Waals surface area (Å²) >= 11 is 0. The molecule has 4 nitrogen and oxygen atoms in total. The molecule has 0 radical (unpaired) electrons. The van der Waals surface area contributed by atoms with Gasteiger partial charge in [-0.3, -0.25) is 0 Å². The molecule has 0 saturated carbocycles. The summed E-state index contributed by atoms with van der Waals surface area (Å²) in [6.45, 7) is 4.54. The van der Waals surface area contributed by atoms with Crippen molar-refractivity contribution in [3.8, 4) is 0 Å². The number of likely N-dealkylation sites (N-methyl/N-ethyl adjacent to an activating group) is 4. The van der Waals surface area contributed by atoms with Gasteiger partial charge in [0.2, 0.25) is 0 Å². The third-order valence-electron chi connectivity index (χ3n) is 3.19. The van der Waals surface area contributed by atoms with Gasteiger partial charge in [-0.1, -0.05) is 0 Å². The fourth-order valence-electron chi connectivity index (χ4n) is 2.29. The lowest BCUT2D eigenvalue weighted by Gasteiger charge is -2.27. The van der Waals surface area contributed by atoms with E-state index < -0.39 is 0 Å². The van der Waals surface area contributed by atoms with E-state index in [1.54, 1.807) is 0 Å². The van der Waals surface area contributed by atoms with Crippen LogP contribution in [-0.4, -0.2) is 74.0 Å². The molecule has 2 rings (SSSR count). The van der Waals surface area contributed by atoms with E-state index in [4.69, 9.17) is 0 Å². The van der Waals surface area contributed by atoms with Gasteiger partial charge in [0.1, 0.15) is 11.6 Å². The van der Waals surface area contributed by atoms with E-state index in [1.807, 2.05) is 0 Å². The highest BCUT2D eigenvalue weighted by Gasteiger charge is 2.29. The van der Waals surface area contributed by atoms with Crippen molar-refractivity contribution in [2.45, 2.75) is 0 Å². The molecule has 2 aliphatic heterocycles. The normalized spacial score (nSPS) is 23.1. The largest absolute Gasteiger partial charge is 0.357 e. The van der Waals surface area contributed by atoms with Gasteiger partial charge < -0.3 is 19.6 Å². The molecule has 0 aromatic heterocycles. The van der Waals surface area contributed by atoms with Crippen LogP contribution in [-0.2, 0) is 0 Å². The van der Waals surface area contributed by atoms with Gasteiger partial charge in [-0.25, -0.2) is 0 Å². The van der Waals surface area contributed by atoms with Gasteiger partial charge in [-0.2, -0.15) is 0 Å². The zero-order valence-electron chi connectivity index (χ0n) is 9.62. The SMILES string of the molecule is CN1CCN(C)C1=C1N(C)CCN1C. The smallest absolute Gasteiger partial charge is 0.145 e. The van der Waals surface area contributed by atoms with E-state index in [0.29, 0.717) is 0 Å². The number of hydrogen-bond acceptors (Lipinski definition) is 4. The summed E-state index contributed by atoms with van der Waals surface area (Å²) in [4.78, 5) is 9.36. The first-order valence-corrected chi connectivity index (χ1v) is 5.20. The van der Waals surface area contributed by atoms with Gasteiger partial charge in [-0.05, 0) is 0 Å². The van der Waals surface area contributed by atoms with E-state index in [1.165, 1.54) is 11.6 Å². The van der Waals surface area contributed by atoms with E-state index in [9.17, 15) is 0 Å². The van der Waals surface area contributed by atoms with Crippen LogP contribution in [0.1, 0.15) is 0 Å². The lowest BCUT2D eigenvalue weighted by atomic mass is 10.5. The Labute approximate surface area is 86.4 Å². The molecule has 0 atom stereocenters. The molecule has 4 heteroatoms. The van der Waals surface area contributed by atoms with Crippen LogP contribution >= 0.6 is 0 Å². The van der Waals surface area contributed by atoms with Crippen LogP contribution in [0.2, 0.25) is 0 Å². The van der Waals surface area contributed by atoms with Crippen LogP contribution in [0.15, 0.2) is 11.6 Å². The molecule has 0 aromatic carbocycles. The monoisotopic (exact) mass is 196 g/mol. The maximum atomic E-state index is 2.34. The van der Waals surface area contributed by atoms with Crippen molar-refractivity contribution in [1.29, 1.82) is 0 Å². The maximum Gasteiger partial charge on any atom is 0.145 e. The zero-order chi connectivity index (χ0) is 10.3.